The number of aliphatic carboxylic acids is 1. The molecule has 0 aliphatic heterocycles. The summed E-state index contributed by atoms with van der Waals surface area (Å²) in [5, 5.41) is 8.73. The number of ether oxygens (including phenoxy) is 1. The van der Waals surface area contributed by atoms with Gasteiger partial charge in [-0.05, 0) is 6.07 Å². The van der Waals surface area contributed by atoms with Gasteiger partial charge in [0.05, 0.1) is 5.02 Å². The van der Waals surface area contributed by atoms with Crippen LogP contribution in [0, 0.1) is 0 Å². The monoisotopic (exact) mass is 187 g/mol. The highest BCUT2D eigenvalue weighted by atomic mass is 35.5. The number of hydrogen-bond acceptors (Lipinski definition) is 3. The van der Waals surface area contributed by atoms with Gasteiger partial charge in [-0.25, -0.2) is 9.78 Å². The Balaban J connectivity index is 2.53. The SMILES string of the molecule is O=C(O)COc1ccc(Cl)cn1. The first-order valence-electron chi connectivity index (χ1n) is 3.14. The summed E-state index contributed by atoms with van der Waals surface area (Å²) < 4.78 is 4.75. The highest BCUT2D eigenvalue weighted by molar-refractivity contribution is 6.30. The van der Waals surface area contributed by atoms with Gasteiger partial charge in [0.2, 0.25) is 5.88 Å². The molecule has 1 heterocycles. The van der Waals surface area contributed by atoms with Crippen molar-refractivity contribution >= 4 is 17.6 Å². The highest BCUT2D eigenvalue weighted by Crippen LogP contribution is 2.10. The van der Waals surface area contributed by atoms with Crippen LogP contribution in [-0.2, 0) is 4.79 Å². The number of carboxylic acid groups (broad SMARTS) is 1. The molecule has 0 radical (unpaired) electrons. The first-order valence-corrected chi connectivity index (χ1v) is 3.52. The highest BCUT2D eigenvalue weighted by Gasteiger charge is 1.99. The summed E-state index contributed by atoms with van der Waals surface area (Å²) in [5.74, 6) is -0.784. The van der Waals surface area contributed by atoms with Gasteiger partial charge in [-0.15, -0.1) is 0 Å². The van der Waals surface area contributed by atoms with Crippen LogP contribution in [-0.4, -0.2) is 22.7 Å². The standard InChI is InChI=1S/C7H6ClNO3/c8-5-1-2-6(9-3-5)12-4-7(10)11/h1-3H,4H2,(H,10,11). The zero-order chi connectivity index (χ0) is 8.97. The molecule has 1 aromatic heterocycles. The van der Waals surface area contributed by atoms with E-state index in [0.717, 1.165) is 0 Å². The number of hydrogen-bond donors (Lipinski definition) is 1. The maximum absolute atomic E-state index is 10.1. The van der Waals surface area contributed by atoms with Gasteiger partial charge >= 0.3 is 5.97 Å². The topological polar surface area (TPSA) is 59.4 Å². The van der Waals surface area contributed by atoms with Crippen molar-refractivity contribution in [1.29, 1.82) is 0 Å². The molecular formula is C7H6ClNO3. The molecule has 0 saturated carbocycles. The van der Waals surface area contributed by atoms with Gasteiger partial charge in [-0.3, -0.25) is 0 Å². The Hall–Kier alpha value is -1.29. The number of aromatic nitrogens is 1. The maximum Gasteiger partial charge on any atom is 0.341 e. The van der Waals surface area contributed by atoms with Crippen LogP contribution < -0.4 is 4.74 Å². The average Bonchev–Trinajstić information content (AvgIpc) is 2.03. The minimum atomic E-state index is -1.04. The van der Waals surface area contributed by atoms with E-state index >= 15 is 0 Å². The lowest BCUT2D eigenvalue weighted by Gasteiger charge is -2.00. The van der Waals surface area contributed by atoms with Crippen molar-refractivity contribution in [2.45, 2.75) is 0 Å². The summed E-state index contributed by atoms with van der Waals surface area (Å²) in [6.07, 6.45) is 1.39. The molecule has 0 spiro atoms. The van der Waals surface area contributed by atoms with Crippen molar-refractivity contribution < 1.29 is 14.6 Å². The zero-order valence-corrected chi connectivity index (χ0v) is 6.78. The summed E-state index contributed by atoms with van der Waals surface area (Å²) in [4.78, 5) is 13.8. The molecule has 0 saturated heterocycles. The number of halogens is 1. The lowest BCUT2D eigenvalue weighted by molar-refractivity contribution is -0.139. The van der Waals surface area contributed by atoms with Gasteiger partial charge in [0, 0.05) is 12.3 Å². The van der Waals surface area contributed by atoms with Crippen molar-refractivity contribution in [3.8, 4) is 5.88 Å². The second kappa shape index (κ2) is 3.92. The Labute approximate surface area is 73.8 Å². The molecular weight excluding hydrogens is 182 g/mol. The van der Waals surface area contributed by atoms with Crippen LogP contribution in [0.1, 0.15) is 0 Å². The summed E-state index contributed by atoms with van der Waals surface area (Å²) in [6, 6.07) is 3.08. The van der Waals surface area contributed by atoms with Crippen molar-refractivity contribution in [3.05, 3.63) is 23.4 Å². The molecule has 0 aliphatic carbocycles. The van der Waals surface area contributed by atoms with E-state index in [9.17, 15) is 4.79 Å². The van der Waals surface area contributed by atoms with Crippen LogP contribution >= 0.6 is 11.6 Å². The van der Waals surface area contributed by atoms with Crippen LogP contribution in [0.3, 0.4) is 0 Å². The van der Waals surface area contributed by atoms with Gasteiger partial charge in [-0.2, -0.15) is 0 Å². The predicted octanol–water partition coefficient (Wildman–Crippen LogP) is 1.20. The van der Waals surface area contributed by atoms with Crippen molar-refractivity contribution in [2.24, 2.45) is 0 Å². The Morgan fingerprint density at radius 3 is 2.92 bits per heavy atom. The molecule has 0 bridgehead atoms. The number of carbonyl (C=O) groups is 1. The molecule has 12 heavy (non-hydrogen) atoms. The third-order valence-electron chi connectivity index (χ3n) is 1.04. The molecule has 5 heteroatoms. The second-order valence-corrected chi connectivity index (χ2v) is 2.43. The molecule has 0 amide bonds. The van der Waals surface area contributed by atoms with Crippen LogP contribution in [0.2, 0.25) is 5.02 Å². The summed E-state index contributed by atoms with van der Waals surface area (Å²) in [5.41, 5.74) is 0. The average molecular weight is 188 g/mol. The fourth-order valence-electron chi connectivity index (χ4n) is 0.583. The Morgan fingerprint density at radius 1 is 1.67 bits per heavy atom. The summed E-state index contributed by atoms with van der Waals surface area (Å²) in [7, 11) is 0. The van der Waals surface area contributed by atoms with E-state index in [2.05, 4.69) is 4.98 Å². The molecule has 4 nitrogen and oxygen atoms in total. The normalized spacial score (nSPS) is 9.42. The summed E-state index contributed by atoms with van der Waals surface area (Å²) >= 11 is 5.54. The lowest BCUT2D eigenvalue weighted by atomic mass is 10.5. The second-order valence-electron chi connectivity index (χ2n) is 2.00. The van der Waals surface area contributed by atoms with Gasteiger partial charge in [-0.1, -0.05) is 11.6 Å². The van der Waals surface area contributed by atoms with Gasteiger partial charge < -0.3 is 9.84 Å². The third kappa shape index (κ3) is 2.75. The number of carboxylic acids is 1. The van der Waals surface area contributed by atoms with Gasteiger partial charge in [0.1, 0.15) is 0 Å². The Kier molecular flexibility index (Phi) is 2.88. The lowest BCUT2D eigenvalue weighted by Crippen LogP contribution is -2.09. The molecule has 0 atom stereocenters. The minimum Gasteiger partial charge on any atom is -0.479 e. The van der Waals surface area contributed by atoms with Crippen LogP contribution in [0.15, 0.2) is 18.3 Å². The number of pyridine rings is 1. The zero-order valence-electron chi connectivity index (χ0n) is 6.03. The summed E-state index contributed by atoms with van der Waals surface area (Å²) in [6.45, 7) is -0.394. The number of rotatable bonds is 3. The van der Waals surface area contributed by atoms with Crippen LogP contribution in [0.4, 0.5) is 0 Å². The van der Waals surface area contributed by atoms with Crippen molar-refractivity contribution in [1.82, 2.24) is 4.98 Å². The minimum absolute atomic E-state index is 0.252. The van der Waals surface area contributed by atoms with Crippen LogP contribution in [0.25, 0.3) is 0 Å². The molecule has 0 aliphatic rings. The van der Waals surface area contributed by atoms with Crippen LogP contribution in [0.5, 0.6) is 5.88 Å². The van der Waals surface area contributed by atoms with Crippen molar-refractivity contribution in [3.63, 3.8) is 0 Å². The molecule has 0 fully saturated rings. The van der Waals surface area contributed by atoms with E-state index in [1.807, 2.05) is 0 Å². The molecule has 0 aromatic carbocycles. The molecule has 1 rings (SSSR count). The fourth-order valence-corrected chi connectivity index (χ4v) is 0.695. The molecule has 1 aromatic rings. The molecule has 1 N–H and O–H groups in total. The largest absolute Gasteiger partial charge is 0.479 e. The van der Waals surface area contributed by atoms with Gasteiger partial charge in [0.25, 0.3) is 0 Å². The molecule has 0 unspecified atom stereocenters. The Bertz CT molecular complexity index is 272. The third-order valence-corrected chi connectivity index (χ3v) is 1.27. The first-order chi connectivity index (χ1) is 5.68. The first kappa shape index (κ1) is 8.80. The van der Waals surface area contributed by atoms with E-state index < -0.39 is 12.6 Å². The maximum atomic E-state index is 10.1. The fraction of sp³-hybridized carbons (Fsp3) is 0.143. The Morgan fingerprint density at radius 2 is 2.42 bits per heavy atom. The van der Waals surface area contributed by atoms with E-state index in [0.29, 0.717) is 5.02 Å². The smallest absolute Gasteiger partial charge is 0.341 e. The quantitative estimate of drug-likeness (QED) is 0.773. The van der Waals surface area contributed by atoms with E-state index in [-0.39, 0.29) is 5.88 Å². The number of nitrogens with zero attached hydrogens (tertiary/aromatic N) is 1. The van der Waals surface area contributed by atoms with E-state index in [1.165, 1.54) is 12.3 Å². The van der Waals surface area contributed by atoms with Gasteiger partial charge in [0.15, 0.2) is 6.61 Å². The predicted molar refractivity (Wildman–Crippen MR) is 42.4 cm³/mol. The molecule has 64 valence electrons. The van der Waals surface area contributed by atoms with Crippen molar-refractivity contribution in [2.75, 3.05) is 6.61 Å². The van der Waals surface area contributed by atoms with E-state index in [1.54, 1.807) is 6.07 Å². The van der Waals surface area contributed by atoms with E-state index in [4.69, 9.17) is 21.4 Å².